The molecule has 110 valence electrons. The number of hydrogen-bond acceptors (Lipinski definition) is 3. The summed E-state index contributed by atoms with van der Waals surface area (Å²) in [6, 6.07) is 13.0. The third-order valence-corrected chi connectivity index (χ3v) is 3.83. The number of anilines is 1. The van der Waals surface area contributed by atoms with Crippen molar-refractivity contribution >= 4 is 5.69 Å². The fraction of sp³-hybridized carbons (Fsp3) is 0.294. The van der Waals surface area contributed by atoms with Crippen LogP contribution in [0.2, 0.25) is 0 Å². The highest BCUT2D eigenvalue weighted by Crippen LogP contribution is 2.29. The zero-order valence-electron chi connectivity index (χ0n) is 12.1. The van der Waals surface area contributed by atoms with E-state index in [1.807, 2.05) is 24.3 Å². The van der Waals surface area contributed by atoms with Gasteiger partial charge in [-0.05, 0) is 17.7 Å². The second-order valence-electron chi connectivity index (χ2n) is 5.18. The molecule has 3 rings (SSSR count). The van der Waals surface area contributed by atoms with Crippen molar-refractivity contribution in [1.82, 2.24) is 5.32 Å². The van der Waals surface area contributed by atoms with E-state index in [1.165, 1.54) is 11.6 Å². The first-order valence-electron chi connectivity index (χ1n) is 7.14. The third-order valence-electron chi connectivity index (χ3n) is 3.83. The Labute approximate surface area is 124 Å². The standard InChI is InChI=1S/C17H19FN2O/c1-21-15-7-6-13-11-19-8-9-20(17(13)10-15)12-14-4-2-3-5-16(14)18/h2-7,10,19H,8-9,11-12H2,1H3. The number of nitrogens with zero attached hydrogens (tertiary/aromatic N) is 1. The summed E-state index contributed by atoms with van der Waals surface area (Å²) in [5, 5.41) is 3.40. The molecule has 21 heavy (non-hydrogen) atoms. The van der Waals surface area contributed by atoms with Crippen LogP contribution in [0.25, 0.3) is 0 Å². The summed E-state index contributed by atoms with van der Waals surface area (Å²) in [6.07, 6.45) is 0. The van der Waals surface area contributed by atoms with Crippen molar-refractivity contribution in [3.8, 4) is 5.75 Å². The summed E-state index contributed by atoms with van der Waals surface area (Å²) in [5.74, 6) is 0.674. The predicted octanol–water partition coefficient (Wildman–Crippen LogP) is 2.94. The molecule has 0 bridgehead atoms. The number of benzene rings is 2. The molecule has 2 aromatic rings. The molecule has 0 saturated heterocycles. The van der Waals surface area contributed by atoms with Gasteiger partial charge in [0.05, 0.1) is 7.11 Å². The van der Waals surface area contributed by atoms with E-state index < -0.39 is 0 Å². The molecule has 2 aromatic carbocycles. The van der Waals surface area contributed by atoms with Crippen molar-refractivity contribution in [3.63, 3.8) is 0 Å². The molecular weight excluding hydrogens is 267 g/mol. The molecule has 0 radical (unpaired) electrons. The van der Waals surface area contributed by atoms with E-state index in [1.54, 1.807) is 13.2 Å². The second kappa shape index (κ2) is 6.14. The van der Waals surface area contributed by atoms with E-state index in [4.69, 9.17) is 4.74 Å². The molecule has 1 aliphatic rings. The summed E-state index contributed by atoms with van der Waals surface area (Å²) in [5.41, 5.74) is 3.04. The van der Waals surface area contributed by atoms with Crippen LogP contribution < -0.4 is 15.0 Å². The Hall–Kier alpha value is -2.07. The van der Waals surface area contributed by atoms with Gasteiger partial charge in [0, 0.05) is 43.5 Å². The summed E-state index contributed by atoms with van der Waals surface area (Å²) < 4.78 is 19.2. The third kappa shape index (κ3) is 3.00. The maximum Gasteiger partial charge on any atom is 0.128 e. The van der Waals surface area contributed by atoms with Crippen LogP contribution in [0.3, 0.4) is 0 Å². The monoisotopic (exact) mass is 286 g/mol. The summed E-state index contributed by atoms with van der Waals surface area (Å²) >= 11 is 0. The maximum absolute atomic E-state index is 13.9. The minimum Gasteiger partial charge on any atom is -0.497 e. The average Bonchev–Trinajstić information content (AvgIpc) is 2.71. The fourth-order valence-corrected chi connectivity index (χ4v) is 2.67. The van der Waals surface area contributed by atoms with Crippen molar-refractivity contribution in [2.75, 3.05) is 25.1 Å². The Bertz CT molecular complexity index is 630. The van der Waals surface area contributed by atoms with Crippen LogP contribution in [0.15, 0.2) is 42.5 Å². The fourth-order valence-electron chi connectivity index (χ4n) is 2.67. The number of hydrogen-bond donors (Lipinski definition) is 1. The molecule has 1 N–H and O–H groups in total. The molecular formula is C17H19FN2O. The zero-order chi connectivity index (χ0) is 14.7. The number of fused-ring (bicyclic) bond motifs is 1. The highest BCUT2D eigenvalue weighted by atomic mass is 19.1. The van der Waals surface area contributed by atoms with Gasteiger partial charge in [-0.25, -0.2) is 4.39 Å². The van der Waals surface area contributed by atoms with Crippen LogP contribution in [0, 0.1) is 5.82 Å². The van der Waals surface area contributed by atoms with Crippen LogP contribution >= 0.6 is 0 Å². The number of methoxy groups -OCH3 is 1. The lowest BCUT2D eigenvalue weighted by atomic mass is 10.1. The van der Waals surface area contributed by atoms with E-state index in [-0.39, 0.29) is 5.82 Å². The molecule has 0 atom stereocenters. The van der Waals surface area contributed by atoms with Gasteiger partial charge in [0.15, 0.2) is 0 Å². The van der Waals surface area contributed by atoms with Gasteiger partial charge in [0.25, 0.3) is 0 Å². The molecule has 0 saturated carbocycles. The van der Waals surface area contributed by atoms with Gasteiger partial charge in [-0.15, -0.1) is 0 Å². The highest BCUT2D eigenvalue weighted by molar-refractivity contribution is 5.58. The van der Waals surface area contributed by atoms with Crippen LogP contribution in [0.4, 0.5) is 10.1 Å². The number of ether oxygens (including phenoxy) is 1. The van der Waals surface area contributed by atoms with Crippen molar-refractivity contribution in [1.29, 1.82) is 0 Å². The van der Waals surface area contributed by atoms with Gasteiger partial charge in [0.2, 0.25) is 0 Å². The largest absolute Gasteiger partial charge is 0.497 e. The molecule has 0 unspecified atom stereocenters. The first-order valence-corrected chi connectivity index (χ1v) is 7.14. The molecule has 1 aliphatic heterocycles. The predicted molar refractivity (Wildman–Crippen MR) is 82.2 cm³/mol. The Morgan fingerprint density at radius 1 is 1.24 bits per heavy atom. The van der Waals surface area contributed by atoms with Crippen molar-refractivity contribution in [3.05, 3.63) is 59.4 Å². The Kier molecular flexibility index (Phi) is 4.06. The van der Waals surface area contributed by atoms with Crippen molar-refractivity contribution in [2.24, 2.45) is 0 Å². The second-order valence-corrected chi connectivity index (χ2v) is 5.18. The Balaban J connectivity index is 1.94. The SMILES string of the molecule is COc1ccc2c(c1)N(Cc1ccccc1F)CCNC2. The van der Waals surface area contributed by atoms with Gasteiger partial charge in [-0.1, -0.05) is 24.3 Å². The summed E-state index contributed by atoms with van der Waals surface area (Å²) in [6.45, 7) is 3.11. The highest BCUT2D eigenvalue weighted by Gasteiger charge is 2.17. The van der Waals surface area contributed by atoms with Crippen molar-refractivity contribution in [2.45, 2.75) is 13.1 Å². The molecule has 0 fully saturated rings. The molecule has 0 aromatic heterocycles. The number of nitrogens with one attached hydrogen (secondary N) is 1. The van der Waals surface area contributed by atoms with E-state index in [9.17, 15) is 4.39 Å². The maximum atomic E-state index is 13.9. The normalized spacial score (nSPS) is 14.5. The Morgan fingerprint density at radius 2 is 2.10 bits per heavy atom. The number of halogens is 1. The minimum absolute atomic E-state index is 0.154. The smallest absolute Gasteiger partial charge is 0.128 e. The lowest BCUT2D eigenvalue weighted by Gasteiger charge is -2.25. The van der Waals surface area contributed by atoms with E-state index >= 15 is 0 Å². The van der Waals surface area contributed by atoms with Crippen molar-refractivity contribution < 1.29 is 9.13 Å². The molecule has 1 heterocycles. The Morgan fingerprint density at radius 3 is 2.90 bits per heavy atom. The topological polar surface area (TPSA) is 24.5 Å². The molecule has 0 aliphatic carbocycles. The van der Waals surface area contributed by atoms with E-state index in [2.05, 4.69) is 16.3 Å². The number of rotatable bonds is 3. The molecule has 0 amide bonds. The lowest BCUT2D eigenvalue weighted by Crippen LogP contribution is -2.28. The van der Waals surface area contributed by atoms with Gasteiger partial charge in [0.1, 0.15) is 11.6 Å². The van der Waals surface area contributed by atoms with Crippen LogP contribution in [0.5, 0.6) is 5.75 Å². The molecule has 0 spiro atoms. The summed E-state index contributed by atoms with van der Waals surface area (Å²) in [7, 11) is 1.66. The van der Waals surface area contributed by atoms with Crippen LogP contribution in [-0.4, -0.2) is 20.2 Å². The van der Waals surface area contributed by atoms with E-state index in [0.29, 0.717) is 12.1 Å². The van der Waals surface area contributed by atoms with Gasteiger partial charge >= 0.3 is 0 Å². The lowest BCUT2D eigenvalue weighted by molar-refractivity contribution is 0.414. The van der Waals surface area contributed by atoms with Gasteiger partial charge in [-0.3, -0.25) is 0 Å². The quantitative estimate of drug-likeness (QED) is 0.939. The van der Waals surface area contributed by atoms with E-state index in [0.717, 1.165) is 31.1 Å². The van der Waals surface area contributed by atoms with Gasteiger partial charge in [-0.2, -0.15) is 0 Å². The van der Waals surface area contributed by atoms with Crippen LogP contribution in [-0.2, 0) is 13.1 Å². The molecule has 4 heteroatoms. The van der Waals surface area contributed by atoms with Crippen LogP contribution in [0.1, 0.15) is 11.1 Å². The first kappa shape index (κ1) is 13.9. The average molecular weight is 286 g/mol. The first-order chi connectivity index (χ1) is 10.3. The minimum atomic E-state index is -0.154. The summed E-state index contributed by atoms with van der Waals surface area (Å²) in [4.78, 5) is 2.20. The zero-order valence-corrected chi connectivity index (χ0v) is 12.1. The van der Waals surface area contributed by atoms with Gasteiger partial charge < -0.3 is 15.0 Å². The molecule has 3 nitrogen and oxygen atoms in total.